The molecule has 0 fully saturated rings. The van der Waals surface area contributed by atoms with Gasteiger partial charge >= 0.3 is 0 Å². The average molecular weight is 453 g/mol. The Balaban J connectivity index is 1.73. The van der Waals surface area contributed by atoms with E-state index < -0.39 is 23.6 Å². The van der Waals surface area contributed by atoms with Crippen molar-refractivity contribution >= 4 is 28.2 Å². The molecule has 1 aliphatic carbocycles. The molecule has 168 valence electrons. The zero-order chi connectivity index (χ0) is 22.4. The van der Waals surface area contributed by atoms with Crippen molar-refractivity contribution < 1.29 is 27.8 Å². The summed E-state index contributed by atoms with van der Waals surface area (Å²) < 4.78 is 36.9. The van der Waals surface area contributed by atoms with E-state index in [4.69, 9.17) is 9.47 Å². The number of hydrogen-bond donors (Lipinski definition) is 2. The van der Waals surface area contributed by atoms with E-state index in [2.05, 4.69) is 10.6 Å². The topological polar surface area (TPSA) is 76.7 Å². The van der Waals surface area contributed by atoms with Gasteiger partial charge in [-0.1, -0.05) is 0 Å². The number of rotatable bonds is 9. The fraction of sp³-hybridized carbons (Fsp3) is 0.455. The van der Waals surface area contributed by atoms with Crippen molar-refractivity contribution in [3.63, 3.8) is 0 Å². The normalized spacial score (nSPS) is 13.9. The number of aryl methyl sites for hydroxylation is 1. The van der Waals surface area contributed by atoms with Gasteiger partial charge in [0.25, 0.3) is 11.8 Å². The van der Waals surface area contributed by atoms with Crippen LogP contribution in [0, 0.1) is 11.6 Å². The number of methoxy groups -OCH3 is 1. The van der Waals surface area contributed by atoms with E-state index in [-0.39, 0.29) is 11.7 Å². The van der Waals surface area contributed by atoms with E-state index >= 15 is 0 Å². The van der Waals surface area contributed by atoms with Gasteiger partial charge in [-0.05, 0) is 56.7 Å². The molecule has 9 heteroatoms. The van der Waals surface area contributed by atoms with Gasteiger partial charge < -0.3 is 20.1 Å². The lowest BCUT2D eigenvalue weighted by Gasteiger charge is -2.16. The molecular weight excluding hydrogens is 426 g/mol. The second-order valence-electron chi connectivity index (χ2n) is 7.34. The standard InChI is InChI=1S/C22H26F2N2O4S/c1-13(30-14-8-9-16(23)17(24)12-14)20(27)26-22-19(21(28)25-10-5-11-29-2)15-6-3-4-7-18(15)31-22/h8-9,12-13H,3-7,10-11H2,1-2H3,(H,25,28)(H,26,27). The van der Waals surface area contributed by atoms with E-state index in [1.807, 2.05) is 0 Å². The summed E-state index contributed by atoms with van der Waals surface area (Å²) in [5.74, 6) is -2.70. The fourth-order valence-electron chi connectivity index (χ4n) is 3.42. The number of fused-ring (bicyclic) bond motifs is 1. The van der Waals surface area contributed by atoms with E-state index in [9.17, 15) is 18.4 Å². The minimum absolute atomic E-state index is 0.0446. The van der Waals surface area contributed by atoms with E-state index in [0.29, 0.717) is 30.1 Å². The van der Waals surface area contributed by atoms with Gasteiger partial charge in [-0.25, -0.2) is 8.78 Å². The molecule has 0 radical (unpaired) electrons. The average Bonchev–Trinajstić information content (AvgIpc) is 3.11. The molecular formula is C22H26F2N2O4S. The molecule has 2 N–H and O–H groups in total. The molecule has 2 amide bonds. The highest BCUT2D eigenvalue weighted by Gasteiger charge is 2.27. The first kappa shape index (κ1) is 23.1. The maximum atomic E-state index is 13.4. The lowest BCUT2D eigenvalue weighted by Crippen LogP contribution is -2.31. The summed E-state index contributed by atoms with van der Waals surface area (Å²) in [6, 6.07) is 3.08. The van der Waals surface area contributed by atoms with Crippen LogP contribution in [0.1, 0.15) is 47.0 Å². The number of anilines is 1. The van der Waals surface area contributed by atoms with Crippen LogP contribution in [0.5, 0.6) is 5.75 Å². The minimum atomic E-state index is -1.05. The van der Waals surface area contributed by atoms with Crippen molar-refractivity contribution in [3.05, 3.63) is 45.8 Å². The maximum absolute atomic E-state index is 13.4. The molecule has 0 spiro atoms. The van der Waals surface area contributed by atoms with Gasteiger partial charge in [0.15, 0.2) is 17.7 Å². The molecule has 31 heavy (non-hydrogen) atoms. The van der Waals surface area contributed by atoms with Crippen molar-refractivity contribution in [2.45, 2.75) is 45.1 Å². The lowest BCUT2D eigenvalue weighted by molar-refractivity contribution is -0.122. The summed E-state index contributed by atoms with van der Waals surface area (Å²) in [5, 5.41) is 6.18. The quantitative estimate of drug-likeness (QED) is 0.562. The summed E-state index contributed by atoms with van der Waals surface area (Å²) >= 11 is 1.41. The molecule has 1 unspecified atom stereocenters. The molecule has 1 heterocycles. The molecule has 1 aromatic heterocycles. The van der Waals surface area contributed by atoms with E-state index in [1.54, 1.807) is 7.11 Å². The zero-order valence-corrected chi connectivity index (χ0v) is 18.4. The first-order chi connectivity index (χ1) is 14.9. The predicted octanol–water partition coefficient (Wildman–Crippen LogP) is 4.08. The Morgan fingerprint density at radius 1 is 1.19 bits per heavy atom. The van der Waals surface area contributed by atoms with Crippen LogP contribution in [0.4, 0.5) is 13.8 Å². The number of carbonyl (C=O) groups excluding carboxylic acids is 2. The van der Waals surface area contributed by atoms with Crippen LogP contribution < -0.4 is 15.4 Å². The number of halogens is 2. The Morgan fingerprint density at radius 3 is 2.71 bits per heavy atom. The van der Waals surface area contributed by atoms with Crippen molar-refractivity contribution in [2.24, 2.45) is 0 Å². The van der Waals surface area contributed by atoms with Crippen molar-refractivity contribution in [1.29, 1.82) is 0 Å². The van der Waals surface area contributed by atoms with Crippen LogP contribution >= 0.6 is 11.3 Å². The van der Waals surface area contributed by atoms with Gasteiger partial charge in [-0.3, -0.25) is 9.59 Å². The molecule has 3 rings (SSSR count). The Bertz CT molecular complexity index is 948. The summed E-state index contributed by atoms with van der Waals surface area (Å²) in [6.07, 6.45) is 3.43. The number of carbonyl (C=O) groups is 2. The monoisotopic (exact) mass is 452 g/mol. The SMILES string of the molecule is COCCCNC(=O)c1c(NC(=O)C(C)Oc2ccc(F)c(F)c2)sc2c1CCCC2. The van der Waals surface area contributed by atoms with Gasteiger partial charge in [0.05, 0.1) is 5.56 Å². The van der Waals surface area contributed by atoms with Crippen molar-refractivity contribution in [3.8, 4) is 5.75 Å². The molecule has 1 aliphatic rings. The number of hydrogen-bond acceptors (Lipinski definition) is 5. The Morgan fingerprint density at radius 2 is 1.97 bits per heavy atom. The van der Waals surface area contributed by atoms with E-state index in [0.717, 1.165) is 48.3 Å². The maximum Gasteiger partial charge on any atom is 0.265 e. The van der Waals surface area contributed by atoms with Crippen LogP contribution in [-0.2, 0) is 22.4 Å². The Kier molecular flexibility index (Phi) is 7.97. The molecule has 6 nitrogen and oxygen atoms in total. The molecule has 1 atom stereocenters. The lowest BCUT2D eigenvalue weighted by atomic mass is 9.95. The first-order valence-electron chi connectivity index (χ1n) is 10.2. The number of amides is 2. The predicted molar refractivity (Wildman–Crippen MR) is 115 cm³/mol. The summed E-state index contributed by atoms with van der Waals surface area (Å²) in [7, 11) is 1.61. The third-order valence-electron chi connectivity index (χ3n) is 5.02. The van der Waals surface area contributed by atoms with Gasteiger partial charge in [0.1, 0.15) is 10.8 Å². The minimum Gasteiger partial charge on any atom is -0.481 e. The van der Waals surface area contributed by atoms with Crippen LogP contribution in [-0.4, -0.2) is 38.2 Å². The molecule has 0 aliphatic heterocycles. The highest BCUT2D eigenvalue weighted by molar-refractivity contribution is 7.17. The molecule has 0 bridgehead atoms. The number of nitrogens with one attached hydrogen (secondary N) is 2. The Labute approximate surface area is 183 Å². The number of ether oxygens (including phenoxy) is 2. The smallest absolute Gasteiger partial charge is 0.265 e. The summed E-state index contributed by atoms with van der Waals surface area (Å²) in [5.41, 5.74) is 1.50. The largest absolute Gasteiger partial charge is 0.481 e. The number of thiophene rings is 1. The van der Waals surface area contributed by atoms with Crippen LogP contribution in [0.25, 0.3) is 0 Å². The molecule has 2 aromatic rings. The third kappa shape index (κ3) is 5.80. The van der Waals surface area contributed by atoms with Crippen molar-refractivity contribution in [2.75, 3.05) is 25.6 Å². The van der Waals surface area contributed by atoms with Gasteiger partial charge in [0.2, 0.25) is 0 Å². The third-order valence-corrected chi connectivity index (χ3v) is 6.23. The molecule has 0 saturated heterocycles. The van der Waals surface area contributed by atoms with Crippen LogP contribution in [0.15, 0.2) is 18.2 Å². The second kappa shape index (κ2) is 10.7. The van der Waals surface area contributed by atoms with Crippen molar-refractivity contribution in [1.82, 2.24) is 5.32 Å². The van der Waals surface area contributed by atoms with Gasteiger partial charge in [0, 0.05) is 31.2 Å². The second-order valence-corrected chi connectivity index (χ2v) is 8.45. The van der Waals surface area contributed by atoms with Gasteiger partial charge in [-0.2, -0.15) is 0 Å². The Hall–Kier alpha value is -2.52. The highest BCUT2D eigenvalue weighted by atomic mass is 32.1. The first-order valence-corrected chi connectivity index (χ1v) is 11.1. The molecule has 1 aromatic carbocycles. The number of benzene rings is 1. The molecule has 0 saturated carbocycles. The van der Waals surface area contributed by atoms with Crippen LogP contribution in [0.2, 0.25) is 0 Å². The fourth-order valence-corrected chi connectivity index (χ4v) is 4.71. The van der Waals surface area contributed by atoms with E-state index in [1.165, 1.54) is 24.3 Å². The summed E-state index contributed by atoms with van der Waals surface area (Å²) in [4.78, 5) is 26.7. The van der Waals surface area contributed by atoms with Gasteiger partial charge in [-0.15, -0.1) is 11.3 Å². The zero-order valence-electron chi connectivity index (χ0n) is 17.6. The highest BCUT2D eigenvalue weighted by Crippen LogP contribution is 2.38. The summed E-state index contributed by atoms with van der Waals surface area (Å²) in [6.45, 7) is 2.53. The van der Waals surface area contributed by atoms with Crippen LogP contribution in [0.3, 0.4) is 0 Å².